The highest BCUT2D eigenvalue weighted by Crippen LogP contribution is 2.30. The van der Waals surface area contributed by atoms with E-state index in [1.807, 2.05) is 20.8 Å². The maximum atomic E-state index is 12.3. The molecular formula is C28H43NO10. The zero-order valence-electron chi connectivity index (χ0n) is 24.2. The molecule has 0 bridgehead atoms. The number of esters is 1. The van der Waals surface area contributed by atoms with Crippen molar-refractivity contribution in [3.05, 3.63) is 23.8 Å². The largest absolute Gasteiger partial charge is 0.514 e. The van der Waals surface area contributed by atoms with Crippen LogP contribution in [0.3, 0.4) is 0 Å². The van der Waals surface area contributed by atoms with E-state index >= 15 is 0 Å². The number of hydrogen-bond acceptors (Lipinski definition) is 10. The Balaban J connectivity index is 3.05. The number of nitrogens with one attached hydrogen (secondary N) is 1. The van der Waals surface area contributed by atoms with Crippen LogP contribution in [0.5, 0.6) is 11.5 Å². The van der Waals surface area contributed by atoms with Gasteiger partial charge < -0.3 is 34.1 Å². The Morgan fingerprint density at radius 1 is 0.846 bits per heavy atom. The van der Waals surface area contributed by atoms with Crippen molar-refractivity contribution in [3.63, 3.8) is 0 Å². The van der Waals surface area contributed by atoms with Gasteiger partial charge in [-0.2, -0.15) is 0 Å². The predicted molar refractivity (Wildman–Crippen MR) is 143 cm³/mol. The molecule has 0 saturated heterocycles. The fraction of sp³-hybridized carbons (Fsp3) is 0.643. The molecule has 0 aliphatic carbocycles. The van der Waals surface area contributed by atoms with Crippen LogP contribution in [0.15, 0.2) is 18.2 Å². The number of carboxylic acid groups (broad SMARTS) is 1. The zero-order valence-corrected chi connectivity index (χ0v) is 24.2. The quantitative estimate of drug-likeness (QED) is 0.166. The van der Waals surface area contributed by atoms with Gasteiger partial charge in [0.2, 0.25) is 0 Å². The lowest BCUT2D eigenvalue weighted by Crippen LogP contribution is -2.43. The summed E-state index contributed by atoms with van der Waals surface area (Å²) >= 11 is 0. The lowest BCUT2D eigenvalue weighted by Gasteiger charge is -2.24. The van der Waals surface area contributed by atoms with Crippen molar-refractivity contribution in [3.8, 4) is 11.5 Å². The minimum absolute atomic E-state index is 0.00911. The highest BCUT2D eigenvalue weighted by Gasteiger charge is 2.29. The van der Waals surface area contributed by atoms with Crippen LogP contribution >= 0.6 is 0 Å². The van der Waals surface area contributed by atoms with Crippen LogP contribution in [0, 0.1) is 5.41 Å². The maximum Gasteiger partial charge on any atom is 0.514 e. The Morgan fingerprint density at radius 2 is 1.38 bits per heavy atom. The standard InChI is InChI=1S/C28H43NO10/c1-9-17(4)36-26(33)38-22-13-12-20(15-23(22)39-27(34)37-18(5)10-2)14-21(24(30)31)29-16-19(6)35-25(32)28(7,8)11-3/h12-13,15,17-19,21,29H,9-11,14,16H2,1-8H3,(H,30,31)/t17?,18?,19?,21-/m0/s1. The Kier molecular flexibility index (Phi) is 13.8. The third kappa shape index (κ3) is 11.9. The molecule has 1 aromatic carbocycles. The predicted octanol–water partition coefficient (Wildman–Crippen LogP) is 5.27. The van der Waals surface area contributed by atoms with Crippen LogP contribution in [-0.2, 0) is 30.2 Å². The molecule has 3 unspecified atom stereocenters. The normalized spacial score (nSPS) is 14.4. The molecule has 0 heterocycles. The first kappa shape index (κ1) is 33.7. The molecule has 0 radical (unpaired) electrons. The molecule has 0 aliphatic rings. The molecule has 0 amide bonds. The summed E-state index contributed by atoms with van der Waals surface area (Å²) in [6.07, 6.45) is -1.58. The van der Waals surface area contributed by atoms with Crippen molar-refractivity contribution in [2.75, 3.05) is 6.54 Å². The van der Waals surface area contributed by atoms with E-state index in [1.165, 1.54) is 12.1 Å². The minimum Gasteiger partial charge on any atom is -0.480 e. The van der Waals surface area contributed by atoms with Crippen molar-refractivity contribution >= 4 is 24.2 Å². The maximum absolute atomic E-state index is 12.3. The highest BCUT2D eigenvalue weighted by molar-refractivity contribution is 5.76. The molecule has 4 atom stereocenters. The van der Waals surface area contributed by atoms with Gasteiger partial charge in [0.15, 0.2) is 11.5 Å². The minimum atomic E-state index is -1.13. The molecule has 1 aromatic rings. The summed E-state index contributed by atoms with van der Waals surface area (Å²) < 4.78 is 26.3. The van der Waals surface area contributed by atoms with Gasteiger partial charge in [-0.1, -0.05) is 26.8 Å². The molecule has 11 nitrogen and oxygen atoms in total. The molecule has 220 valence electrons. The number of ether oxygens (including phenoxy) is 5. The lowest BCUT2D eigenvalue weighted by atomic mass is 9.90. The van der Waals surface area contributed by atoms with Crippen molar-refractivity contribution in [1.29, 1.82) is 0 Å². The van der Waals surface area contributed by atoms with Crippen molar-refractivity contribution in [1.82, 2.24) is 5.32 Å². The van der Waals surface area contributed by atoms with E-state index in [4.69, 9.17) is 23.7 Å². The van der Waals surface area contributed by atoms with Crippen LogP contribution in [0.4, 0.5) is 9.59 Å². The second kappa shape index (κ2) is 15.9. The molecule has 0 aromatic heterocycles. The summed E-state index contributed by atoms with van der Waals surface area (Å²) in [6.45, 7) is 14.3. The summed E-state index contributed by atoms with van der Waals surface area (Å²) in [5.41, 5.74) is -0.168. The van der Waals surface area contributed by atoms with Crippen LogP contribution in [0.25, 0.3) is 0 Å². The molecular weight excluding hydrogens is 510 g/mol. The number of carbonyl (C=O) groups excluding carboxylic acids is 3. The summed E-state index contributed by atoms with van der Waals surface area (Å²) in [5.74, 6) is -1.71. The molecule has 11 heteroatoms. The van der Waals surface area contributed by atoms with Gasteiger partial charge in [0.25, 0.3) is 0 Å². The van der Waals surface area contributed by atoms with Crippen molar-refractivity contribution < 1.29 is 48.0 Å². The number of carboxylic acids is 1. The van der Waals surface area contributed by atoms with Gasteiger partial charge in [-0.15, -0.1) is 0 Å². The molecule has 39 heavy (non-hydrogen) atoms. The van der Waals surface area contributed by atoms with Gasteiger partial charge in [0.1, 0.15) is 24.4 Å². The van der Waals surface area contributed by atoms with Crippen LogP contribution < -0.4 is 14.8 Å². The second-order valence-corrected chi connectivity index (χ2v) is 10.1. The third-order valence-corrected chi connectivity index (χ3v) is 6.27. The smallest absolute Gasteiger partial charge is 0.480 e. The number of carbonyl (C=O) groups is 4. The van der Waals surface area contributed by atoms with Crippen LogP contribution in [0.1, 0.15) is 80.2 Å². The Bertz CT molecular complexity index is 977. The van der Waals surface area contributed by atoms with E-state index in [0.29, 0.717) is 24.8 Å². The van der Waals surface area contributed by atoms with Gasteiger partial charge in [-0.25, -0.2) is 9.59 Å². The Labute approximate surface area is 230 Å². The molecule has 0 saturated carbocycles. The lowest BCUT2D eigenvalue weighted by molar-refractivity contribution is -0.158. The van der Waals surface area contributed by atoms with Gasteiger partial charge in [0, 0.05) is 6.54 Å². The summed E-state index contributed by atoms with van der Waals surface area (Å²) in [4.78, 5) is 48.7. The molecule has 0 fully saturated rings. The Hall–Kier alpha value is -3.34. The molecule has 2 N–H and O–H groups in total. The second-order valence-electron chi connectivity index (χ2n) is 10.1. The molecule has 1 rings (SSSR count). The van der Waals surface area contributed by atoms with E-state index in [0.717, 1.165) is 0 Å². The first-order valence-electron chi connectivity index (χ1n) is 13.3. The number of hydrogen-bond donors (Lipinski definition) is 2. The molecule has 0 aliphatic heterocycles. The van der Waals surface area contributed by atoms with Gasteiger partial charge in [-0.05, 0) is 78.0 Å². The van der Waals surface area contributed by atoms with Gasteiger partial charge >= 0.3 is 24.2 Å². The van der Waals surface area contributed by atoms with E-state index in [9.17, 15) is 24.3 Å². The number of benzene rings is 1. The van der Waals surface area contributed by atoms with Crippen molar-refractivity contribution in [2.45, 2.75) is 105 Å². The van der Waals surface area contributed by atoms with Crippen LogP contribution in [-0.4, -0.2) is 60.3 Å². The monoisotopic (exact) mass is 553 g/mol. The summed E-state index contributed by atoms with van der Waals surface area (Å²) in [5, 5.41) is 12.7. The first-order valence-corrected chi connectivity index (χ1v) is 13.3. The Morgan fingerprint density at radius 3 is 1.87 bits per heavy atom. The number of aliphatic carboxylic acids is 1. The van der Waals surface area contributed by atoms with Crippen molar-refractivity contribution in [2.24, 2.45) is 5.41 Å². The third-order valence-electron chi connectivity index (χ3n) is 6.27. The number of rotatable bonds is 15. The summed E-state index contributed by atoms with van der Waals surface area (Å²) in [7, 11) is 0. The highest BCUT2D eigenvalue weighted by atomic mass is 16.7. The summed E-state index contributed by atoms with van der Waals surface area (Å²) in [6, 6.07) is 3.28. The topological polar surface area (TPSA) is 147 Å². The van der Waals surface area contributed by atoms with Gasteiger partial charge in [-0.3, -0.25) is 9.59 Å². The average molecular weight is 554 g/mol. The van der Waals surface area contributed by atoms with E-state index < -0.39 is 41.9 Å². The average Bonchev–Trinajstić information content (AvgIpc) is 2.87. The van der Waals surface area contributed by atoms with E-state index in [1.54, 1.807) is 40.7 Å². The molecule has 0 spiro atoms. The SMILES string of the molecule is CCC(C)OC(=O)Oc1ccc(C[C@H](NCC(C)OC(=O)C(C)(C)CC)C(=O)O)cc1OC(=O)OC(C)CC. The van der Waals surface area contributed by atoms with E-state index in [-0.39, 0.29) is 36.5 Å². The van der Waals surface area contributed by atoms with E-state index in [2.05, 4.69) is 5.32 Å². The fourth-order valence-corrected chi connectivity index (χ4v) is 2.89. The fourth-order valence-electron chi connectivity index (χ4n) is 2.89. The zero-order chi connectivity index (χ0) is 29.8. The van der Waals surface area contributed by atoms with Crippen LogP contribution in [0.2, 0.25) is 0 Å². The van der Waals surface area contributed by atoms with Gasteiger partial charge in [0.05, 0.1) is 5.41 Å². The first-order chi connectivity index (χ1) is 18.2.